The zero-order chi connectivity index (χ0) is 14.8. The van der Waals surface area contributed by atoms with E-state index in [0.717, 1.165) is 16.6 Å². The number of aromatic nitrogens is 4. The average Bonchev–Trinajstić information content (AvgIpc) is 2.89. The number of rotatable bonds is 4. The van der Waals surface area contributed by atoms with Gasteiger partial charge in [-0.25, -0.2) is 14.6 Å². The van der Waals surface area contributed by atoms with Gasteiger partial charge in [0.05, 0.1) is 23.0 Å². The molecule has 2 aromatic heterocycles. The van der Waals surface area contributed by atoms with Crippen LogP contribution in [-0.4, -0.2) is 36.6 Å². The Morgan fingerprint density at radius 2 is 2.24 bits per heavy atom. The van der Waals surface area contributed by atoms with Gasteiger partial charge in [0.25, 0.3) is 0 Å². The minimum absolute atomic E-state index is 0.0399. The molecule has 21 heavy (non-hydrogen) atoms. The van der Waals surface area contributed by atoms with Gasteiger partial charge < -0.3 is 5.11 Å². The number of hydrogen-bond acceptors (Lipinski definition) is 5. The van der Waals surface area contributed by atoms with Gasteiger partial charge in [0, 0.05) is 0 Å². The topological polar surface area (TPSA) is 80.9 Å². The van der Waals surface area contributed by atoms with Crippen molar-refractivity contribution in [2.45, 2.75) is 11.9 Å². The van der Waals surface area contributed by atoms with Crippen LogP contribution in [0.4, 0.5) is 0 Å². The number of carboxylic acids is 1. The maximum Gasteiger partial charge on any atom is 0.313 e. The van der Waals surface area contributed by atoms with E-state index in [2.05, 4.69) is 15.1 Å². The van der Waals surface area contributed by atoms with Crippen molar-refractivity contribution in [3.05, 3.63) is 42.4 Å². The molecule has 1 N–H and O–H groups in total. The summed E-state index contributed by atoms with van der Waals surface area (Å²) >= 11 is 1.17. The second kappa shape index (κ2) is 5.53. The first kappa shape index (κ1) is 13.6. The molecule has 2 heterocycles. The number of aliphatic carboxylic acids is 1. The summed E-state index contributed by atoms with van der Waals surface area (Å²) in [6.45, 7) is 2.01. The molecule has 1 aromatic carbocycles. The lowest BCUT2D eigenvalue weighted by molar-refractivity contribution is -0.133. The Morgan fingerprint density at radius 1 is 1.38 bits per heavy atom. The molecular formula is C14H12N4O2S. The summed E-state index contributed by atoms with van der Waals surface area (Å²) in [6, 6.07) is 7.93. The minimum Gasteiger partial charge on any atom is -0.481 e. The van der Waals surface area contributed by atoms with E-state index in [9.17, 15) is 4.79 Å². The Hall–Kier alpha value is -2.41. The molecule has 0 saturated carbocycles. The predicted octanol–water partition coefficient (Wildman–Crippen LogP) is 2.30. The number of hydrogen-bond donors (Lipinski definition) is 1. The zero-order valence-corrected chi connectivity index (χ0v) is 12.0. The Kier molecular flexibility index (Phi) is 3.57. The molecule has 3 rings (SSSR count). The van der Waals surface area contributed by atoms with E-state index in [4.69, 9.17) is 5.11 Å². The molecule has 0 bridgehead atoms. The van der Waals surface area contributed by atoms with E-state index in [-0.39, 0.29) is 5.75 Å². The highest BCUT2D eigenvalue weighted by Crippen LogP contribution is 2.25. The minimum atomic E-state index is -0.877. The molecule has 7 heteroatoms. The third-order valence-electron chi connectivity index (χ3n) is 2.91. The predicted molar refractivity (Wildman–Crippen MR) is 79.8 cm³/mol. The summed E-state index contributed by atoms with van der Waals surface area (Å²) in [5, 5.41) is 14.5. The van der Waals surface area contributed by atoms with Crippen molar-refractivity contribution in [1.82, 2.24) is 19.7 Å². The van der Waals surface area contributed by atoms with Crippen molar-refractivity contribution >= 4 is 28.8 Å². The van der Waals surface area contributed by atoms with Gasteiger partial charge in [-0.1, -0.05) is 23.9 Å². The van der Waals surface area contributed by atoms with Gasteiger partial charge in [-0.2, -0.15) is 5.10 Å². The lowest BCUT2D eigenvalue weighted by Crippen LogP contribution is -2.00. The molecular weight excluding hydrogens is 288 g/mol. The monoisotopic (exact) mass is 300 g/mol. The van der Waals surface area contributed by atoms with Crippen LogP contribution in [-0.2, 0) is 4.79 Å². The third-order valence-corrected chi connectivity index (χ3v) is 3.90. The van der Waals surface area contributed by atoms with E-state index in [1.165, 1.54) is 18.1 Å². The Balaban J connectivity index is 2.06. The Bertz CT molecular complexity index is 816. The van der Waals surface area contributed by atoms with Gasteiger partial charge in [0.2, 0.25) is 0 Å². The fourth-order valence-corrected chi connectivity index (χ4v) is 2.70. The molecule has 0 atom stereocenters. The molecule has 0 saturated heterocycles. The lowest BCUT2D eigenvalue weighted by atomic mass is 10.2. The van der Waals surface area contributed by atoms with Crippen LogP contribution in [0.3, 0.4) is 0 Å². The maximum atomic E-state index is 10.7. The summed E-state index contributed by atoms with van der Waals surface area (Å²) in [7, 11) is 0. The average molecular weight is 300 g/mol. The second-order valence-electron chi connectivity index (χ2n) is 4.49. The van der Waals surface area contributed by atoms with Gasteiger partial charge in [0.1, 0.15) is 11.4 Å². The summed E-state index contributed by atoms with van der Waals surface area (Å²) in [6.07, 6.45) is 3.10. The highest BCUT2D eigenvalue weighted by atomic mass is 32.2. The molecule has 0 radical (unpaired) electrons. The molecule has 6 nitrogen and oxygen atoms in total. The first-order valence-corrected chi connectivity index (χ1v) is 7.24. The van der Waals surface area contributed by atoms with Crippen LogP contribution in [0.25, 0.3) is 16.7 Å². The van der Waals surface area contributed by atoms with Crippen molar-refractivity contribution in [2.24, 2.45) is 0 Å². The van der Waals surface area contributed by atoms with Gasteiger partial charge in [-0.15, -0.1) is 0 Å². The molecule has 0 spiro atoms. The van der Waals surface area contributed by atoms with Crippen LogP contribution >= 0.6 is 11.8 Å². The summed E-state index contributed by atoms with van der Waals surface area (Å²) in [5.74, 6) is -0.917. The van der Waals surface area contributed by atoms with Gasteiger partial charge in [0.15, 0.2) is 5.65 Å². The van der Waals surface area contributed by atoms with Crippen LogP contribution in [0.15, 0.2) is 41.8 Å². The standard InChI is InChI=1S/C14H12N4O2S/c1-9-3-2-4-10(5-9)18-13-11(6-17-18)14(16-8-15-13)21-7-12(19)20/h2-6,8H,7H2,1H3,(H,19,20). The number of carboxylic acid groups (broad SMARTS) is 1. The summed E-state index contributed by atoms with van der Waals surface area (Å²) in [5.41, 5.74) is 2.71. The fourth-order valence-electron chi connectivity index (χ4n) is 2.02. The lowest BCUT2D eigenvalue weighted by Gasteiger charge is -2.04. The van der Waals surface area contributed by atoms with Crippen molar-refractivity contribution in [1.29, 1.82) is 0 Å². The fraction of sp³-hybridized carbons (Fsp3) is 0.143. The molecule has 0 fully saturated rings. The van der Waals surface area contributed by atoms with Crippen LogP contribution in [0.5, 0.6) is 0 Å². The molecule has 0 aliphatic rings. The first-order valence-electron chi connectivity index (χ1n) is 6.25. The van der Waals surface area contributed by atoms with E-state index in [1.807, 2.05) is 31.2 Å². The Labute approximate surface area is 124 Å². The van der Waals surface area contributed by atoms with Gasteiger partial charge >= 0.3 is 5.97 Å². The molecule has 0 aliphatic carbocycles. The van der Waals surface area contributed by atoms with E-state index in [1.54, 1.807) is 10.9 Å². The normalized spacial score (nSPS) is 10.9. The van der Waals surface area contributed by atoms with Crippen molar-refractivity contribution < 1.29 is 9.90 Å². The van der Waals surface area contributed by atoms with E-state index >= 15 is 0 Å². The van der Waals surface area contributed by atoms with Gasteiger partial charge in [-0.3, -0.25) is 4.79 Å². The summed E-state index contributed by atoms with van der Waals surface area (Å²) in [4.78, 5) is 19.1. The van der Waals surface area contributed by atoms with Crippen LogP contribution in [0.2, 0.25) is 0 Å². The van der Waals surface area contributed by atoms with Gasteiger partial charge in [-0.05, 0) is 24.6 Å². The van der Waals surface area contributed by atoms with E-state index < -0.39 is 5.97 Å². The largest absolute Gasteiger partial charge is 0.481 e. The van der Waals surface area contributed by atoms with Crippen LogP contribution in [0.1, 0.15) is 5.56 Å². The van der Waals surface area contributed by atoms with Crippen molar-refractivity contribution in [2.75, 3.05) is 5.75 Å². The molecule has 0 aliphatic heterocycles. The number of carbonyl (C=O) groups is 1. The Morgan fingerprint density at radius 3 is 3.00 bits per heavy atom. The molecule has 0 amide bonds. The SMILES string of the molecule is Cc1cccc(-n2ncc3c(SCC(=O)O)ncnc32)c1. The van der Waals surface area contributed by atoms with Crippen LogP contribution in [0, 0.1) is 6.92 Å². The van der Waals surface area contributed by atoms with Crippen molar-refractivity contribution in [3.8, 4) is 5.69 Å². The third kappa shape index (κ3) is 2.73. The van der Waals surface area contributed by atoms with E-state index in [0.29, 0.717) is 10.7 Å². The van der Waals surface area contributed by atoms with Crippen molar-refractivity contribution in [3.63, 3.8) is 0 Å². The second-order valence-corrected chi connectivity index (χ2v) is 5.46. The molecule has 106 valence electrons. The number of thioether (sulfide) groups is 1. The zero-order valence-electron chi connectivity index (χ0n) is 11.2. The maximum absolute atomic E-state index is 10.7. The number of nitrogens with zero attached hydrogens (tertiary/aromatic N) is 4. The number of aryl methyl sites for hydroxylation is 1. The highest BCUT2D eigenvalue weighted by molar-refractivity contribution is 8.00. The number of benzene rings is 1. The molecule has 3 aromatic rings. The molecule has 0 unspecified atom stereocenters. The first-order chi connectivity index (χ1) is 10.1. The highest BCUT2D eigenvalue weighted by Gasteiger charge is 2.12. The van der Waals surface area contributed by atoms with Crippen LogP contribution < -0.4 is 0 Å². The quantitative estimate of drug-likeness (QED) is 0.588. The summed E-state index contributed by atoms with van der Waals surface area (Å²) < 4.78 is 1.73. The number of fused-ring (bicyclic) bond motifs is 1. The smallest absolute Gasteiger partial charge is 0.313 e.